The molecule has 27 heavy (non-hydrogen) atoms. The lowest BCUT2D eigenvalue weighted by Gasteiger charge is -2.18. The predicted molar refractivity (Wildman–Crippen MR) is 90.6 cm³/mol. The molecule has 2 aromatic rings. The van der Waals surface area contributed by atoms with Crippen LogP contribution in [0.5, 0.6) is 5.75 Å². The highest BCUT2D eigenvalue weighted by Crippen LogP contribution is 2.31. The summed E-state index contributed by atoms with van der Waals surface area (Å²) in [6, 6.07) is 10.9. The first-order valence-corrected chi connectivity index (χ1v) is 9.11. The van der Waals surface area contributed by atoms with Crippen molar-refractivity contribution >= 4 is 21.8 Å². The van der Waals surface area contributed by atoms with Crippen molar-refractivity contribution in [2.24, 2.45) is 0 Å². The fourth-order valence-corrected chi connectivity index (χ4v) is 2.91. The molecular formula is C17H13F3N2O4S. The third kappa shape index (κ3) is 4.11. The maximum absolute atomic E-state index is 12.7. The van der Waals surface area contributed by atoms with Gasteiger partial charge in [0.25, 0.3) is 5.91 Å². The summed E-state index contributed by atoms with van der Waals surface area (Å²) in [5.74, 6) is -0.683. The van der Waals surface area contributed by atoms with Gasteiger partial charge in [0.2, 0.25) is 0 Å². The molecule has 0 unspecified atom stereocenters. The van der Waals surface area contributed by atoms with Crippen LogP contribution in [-0.2, 0) is 21.3 Å². The van der Waals surface area contributed by atoms with E-state index in [1.54, 1.807) is 36.4 Å². The molecule has 0 radical (unpaired) electrons. The number of rotatable bonds is 5. The molecule has 1 aliphatic heterocycles. The summed E-state index contributed by atoms with van der Waals surface area (Å²) in [5, 5.41) is 0. The number of hydrogen-bond donors (Lipinski definition) is 0. The minimum absolute atomic E-state index is 0.0207. The van der Waals surface area contributed by atoms with Crippen LogP contribution in [0.2, 0.25) is 0 Å². The lowest BCUT2D eigenvalue weighted by Crippen LogP contribution is -2.29. The number of carbonyl (C=O) groups excluding carboxylic acids is 1. The number of pyridine rings is 1. The zero-order valence-electron chi connectivity index (χ0n) is 13.7. The molecule has 0 aliphatic carbocycles. The standard InChI is InChI=1S/C17H13F3N2O4S/c18-17(19,20)27(24,25)26-14-8-9-15(22-10-4-7-16(22)23)21-13(14)11-12-5-2-1-3-6-12/h1-9H,10-11H2. The maximum Gasteiger partial charge on any atom is 0.534 e. The van der Waals surface area contributed by atoms with Crippen LogP contribution in [0.25, 0.3) is 0 Å². The lowest BCUT2D eigenvalue weighted by molar-refractivity contribution is -0.113. The van der Waals surface area contributed by atoms with Gasteiger partial charge in [0.15, 0.2) is 5.75 Å². The van der Waals surface area contributed by atoms with Crippen molar-refractivity contribution in [3.05, 3.63) is 65.9 Å². The van der Waals surface area contributed by atoms with Crippen LogP contribution in [0, 0.1) is 0 Å². The van der Waals surface area contributed by atoms with Gasteiger partial charge < -0.3 is 4.18 Å². The summed E-state index contributed by atoms with van der Waals surface area (Å²) < 4.78 is 65.0. The molecular weight excluding hydrogens is 385 g/mol. The van der Waals surface area contributed by atoms with Crippen LogP contribution in [0.1, 0.15) is 11.3 Å². The van der Waals surface area contributed by atoms with Crippen LogP contribution >= 0.6 is 0 Å². The van der Waals surface area contributed by atoms with Gasteiger partial charge in [0.05, 0.1) is 5.69 Å². The van der Waals surface area contributed by atoms with Crippen molar-refractivity contribution in [3.8, 4) is 5.75 Å². The van der Waals surface area contributed by atoms with Crippen LogP contribution < -0.4 is 9.08 Å². The van der Waals surface area contributed by atoms with Crippen molar-refractivity contribution in [2.45, 2.75) is 11.9 Å². The molecule has 0 atom stereocenters. The zero-order valence-corrected chi connectivity index (χ0v) is 14.5. The van der Waals surface area contributed by atoms with Crippen LogP contribution in [-0.4, -0.2) is 31.4 Å². The molecule has 3 rings (SSSR count). The topological polar surface area (TPSA) is 76.6 Å². The molecule has 1 aliphatic rings. The number of carbonyl (C=O) groups is 1. The summed E-state index contributed by atoms with van der Waals surface area (Å²) in [7, 11) is -5.84. The second kappa shape index (κ2) is 7.03. The molecule has 0 fully saturated rings. The third-order valence-electron chi connectivity index (χ3n) is 3.71. The highest BCUT2D eigenvalue weighted by atomic mass is 32.2. The number of halogens is 3. The van der Waals surface area contributed by atoms with Crippen molar-refractivity contribution in [1.82, 2.24) is 4.98 Å². The molecule has 1 amide bonds. The van der Waals surface area contributed by atoms with Gasteiger partial charge in [-0.3, -0.25) is 9.69 Å². The van der Waals surface area contributed by atoms with E-state index in [0.717, 1.165) is 6.07 Å². The van der Waals surface area contributed by atoms with Crippen LogP contribution in [0.4, 0.5) is 19.0 Å². The van der Waals surface area contributed by atoms with Crippen molar-refractivity contribution in [3.63, 3.8) is 0 Å². The Balaban J connectivity index is 2.00. The van der Waals surface area contributed by atoms with E-state index in [0.29, 0.717) is 5.56 Å². The molecule has 6 nitrogen and oxygen atoms in total. The minimum Gasteiger partial charge on any atom is -0.374 e. The Kier molecular flexibility index (Phi) is 4.92. The minimum atomic E-state index is -5.84. The van der Waals surface area contributed by atoms with Gasteiger partial charge in [0, 0.05) is 19.0 Å². The molecule has 0 saturated carbocycles. The number of aromatic nitrogens is 1. The molecule has 0 N–H and O–H groups in total. The summed E-state index contributed by atoms with van der Waals surface area (Å²) in [6.45, 7) is 0.262. The largest absolute Gasteiger partial charge is 0.534 e. The van der Waals surface area contributed by atoms with E-state index >= 15 is 0 Å². The van der Waals surface area contributed by atoms with Crippen LogP contribution in [0.3, 0.4) is 0 Å². The van der Waals surface area contributed by atoms with Crippen LogP contribution in [0.15, 0.2) is 54.6 Å². The molecule has 0 bridgehead atoms. The zero-order chi connectivity index (χ0) is 19.7. The maximum atomic E-state index is 12.7. The highest BCUT2D eigenvalue weighted by molar-refractivity contribution is 7.88. The van der Waals surface area contributed by atoms with E-state index in [1.807, 2.05) is 0 Å². The first-order valence-electron chi connectivity index (χ1n) is 7.70. The SMILES string of the molecule is O=C1C=CCN1c1ccc(OS(=O)(=O)C(F)(F)F)c(Cc2ccccc2)n1. The highest BCUT2D eigenvalue weighted by Gasteiger charge is 2.49. The Labute approximate surface area is 153 Å². The summed E-state index contributed by atoms with van der Waals surface area (Å²) >= 11 is 0. The predicted octanol–water partition coefficient (Wildman–Crippen LogP) is 2.80. The number of alkyl halides is 3. The van der Waals surface area contributed by atoms with Gasteiger partial charge in [-0.15, -0.1) is 0 Å². The molecule has 0 spiro atoms. The second-order valence-electron chi connectivity index (χ2n) is 5.61. The molecule has 142 valence electrons. The molecule has 10 heteroatoms. The van der Waals surface area contributed by atoms with E-state index in [1.165, 1.54) is 17.0 Å². The first kappa shape index (κ1) is 18.9. The van der Waals surface area contributed by atoms with E-state index in [9.17, 15) is 26.4 Å². The van der Waals surface area contributed by atoms with Gasteiger partial charge in [0.1, 0.15) is 5.82 Å². The van der Waals surface area contributed by atoms with E-state index in [4.69, 9.17) is 0 Å². The van der Waals surface area contributed by atoms with E-state index < -0.39 is 21.4 Å². The van der Waals surface area contributed by atoms with E-state index in [2.05, 4.69) is 9.17 Å². The summed E-state index contributed by atoms with van der Waals surface area (Å²) in [4.78, 5) is 17.3. The molecule has 0 saturated heterocycles. The second-order valence-corrected chi connectivity index (χ2v) is 7.15. The Morgan fingerprint density at radius 1 is 1.11 bits per heavy atom. The average Bonchev–Trinajstić information content (AvgIpc) is 3.02. The fraction of sp³-hybridized carbons (Fsp3) is 0.176. The van der Waals surface area contributed by atoms with Crippen molar-refractivity contribution in [1.29, 1.82) is 0 Å². The third-order valence-corrected chi connectivity index (χ3v) is 4.67. The molecule has 2 heterocycles. The number of benzene rings is 1. The monoisotopic (exact) mass is 398 g/mol. The Morgan fingerprint density at radius 2 is 1.81 bits per heavy atom. The van der Waals surface area contributed by atoms with Gasteiger partial charge >= 0.3 is 15.6 Å². The van der Waals surface area contributed by atoms with Gasteiger partial charge in [-0.2, -0.15) is 21.6 Å². The van der Waals surface area contributed by atoms with E-state index in [-0.39, 0.29) is 30.4 Å². The molecule has 1 aromatic carbocycles. The number of amides is 1. The Hall–Kier alpha value is -2.88. The lowest BCUT2D eigenvalue weighted by atomic mass is 10.1. The van der Waals surface area contributed by atoms with Gasteiger partial charge in [-0.25, -0.2) is 4.98 Å². The summed E-state index contributed by atoms with van der Waals surface area (Å²) in [6.07, 6.45) is 2.98. The normalized spacial score (nSPS) is 14.6. The average molecular weight is 398 g/mol. The summed E-state index contributed by atoms with van der Waals surface area (Å²) in [5.41, 5.74) is -4.92. The van der Waals surface area contributed by atoms with Crippen molar-refractivity contribution in [2.75, 3.05) is 11.4 Å². The van der Waals surface area contributed by atoms with Gasteiger partial charge in [-0.05, 0) is 17.7 Å². The number of nitrogens with zero attached hydrogens (tertiary/aromatic N) is 2. The fourth-order valence-electron chi connectivity index (χ4n) is 2.43. The smallest absolute Gasteiger partial charge is 0.374 e. The van der Waals surface area contributed by atoms with Gasteiger partial charge in [-0.1, -0.05) is 36.4 Å². The number of hydrogen-bond acceptors (Lipinski definition) is 5. The first-order chi connectivity index (χ1) is 12.7. The number of anilines is 1. The molecule has 1 aromatic heterocycles. The Bertz CT molecular complexity index is 989. The Morgan fingerprint density at radius 3 is 2.41 bits per heavy atom. The quantitative estimate of drug-likeness (QED) is 0.572. The van der Waals surface area contributed by atoms with Crippen molar-refractivity contribution < 1.29 is 30.6 Å².